The number of aliphatic hydroxyl groups excluding tert-OH is 1. The predicted octanol–water partition coefficient (Wildman–Crippen LogP) is 2.14. The smallest absolute Gasteiger partial charge is 0.181 e. The molecule has 0 saturated carbocycles. The molecule has 0 spiro atoms. The first-order chi connectivity index (χ1) is 8.69. The van der Waals surface area contributed by atoms with Gasteiger partial charge in [-0.25, -0.2) is 0 Å². The van der Waals surface area contributed by atoms with Crippen molar-refractivity contribution in [2.75, 3.05) is 0 Å². The average Bonchev–Trinajstić information content (AvgIpc) is 2.41. The summed E-state index contributed by atoms with van der Waals surface area (Å²) < 4.78 is 1.81. The van der Waals surface area contributed by atoms with Crippen LogP contribution in [-0.2, 0) is 13.0 Å². The van der Waals surface area contributed by atoms with E-state index in [2.05, 4.69) is 6.92 Å². The van der Waals surface area contributed by atoms with Crippen molar-refractivity contribution in [3.63, 3.8) is 0 Å². The lowest BCUT2D eigenvalue weighted by Crippen LogP contribution is -2.10. The molecule has 1 aromatic heterocycles. The van der Waals surface area contributed by atoms with Crippen LogP contribution in [0.3, 0.4) is 0 Å². The second-order valence-electron chi connectivity index (χ2n) is 4.34. The molecule has 3 heteroatoms. The van der Waals surface area contributed by atoms with Gasteiger partial charge in [-0.05, 0) is 17.5 Å². The zero-order valence-electron chi connectivity index (χ0n) is 10.4. The second kappa shape index (κ2) is 5.65. The Hall–Kier alpha value is -1.87. The highest BCUT2D eigenvalue weighted by molar-refractivity contribution is 5.24. The third-order valence-electron chi connectivity index (χ3n) is 3.02. The predicted molar refractivity (Wildman–Crippen MR) is 71.5 cm³/mol. The number of hydrogen-bond donors (Lipinski definition) is 1. The lowest BCUT2D eigenvalue weighted by atomic mass is 10.1. The van der Waals surface area contributed by atoms with E-state index in [1.807, 2.05) is 24.3 Å². The van der Waals surface area contributed by atoms with Gasteiger partial charge >= 0.3 is 0 Å². The van der Waals surface area contributed by atoms with Crippen LogP contribution < -0.4 is 5.43 Å². The molecule has 3 nitrogen and oxygen atoms in total. The third-order valence-corrected chi connectivity index (χ3v) is 3.02. The maximum atomic E-state index is 11.0. The minimum Gasteiger partial charge on any atom is -0.387 e. The van der Waals surface area contributed by atoms with E-state index in [-0.39, 0.29) is 5.43 Å². The van der Waals surface area contributed by atoms with Gasteiger partial charge in [0.2, 0.25) is 0 Å². The highest BCUT2D eigenvalue weighted by Gasteiger charge is 2.07. The van der Waals surface area contributed by atoms with E-state index in [1.165, 1.54) is 17.7 Å². The van der Waals surface area contributed by atoms with Crippen LogP contribution >= 0.6 is 0 Å². The summed E-state index contributed by atoms with van der Waals surface area (Å²) in [6.07, 6.45) is 3.81. The van der Waals surface area contributed by atoms with Crippen LogP contribution in [-0.4, -0.2) is 9.67 Å². The van der Waals surface area contributed by atoms with Gasteiger partial charge in [-0.15, -0.1) is 0 Å². The van der Waals surface area contributed by atoms with Crippen LogP contribution in [0.1, 0.15) is 24.2 Å². The van der Waals surface area contributed by atoms with E-state index in [4.69, 9.17) is 0 Å². The number of nitrogens with zero attached hydrogens (tertiary/aromatic N) is 1. The summed E-state index contributed by atoms with van der Waals surface area (Å²) in [6.45, 7) is 2.55. The van der Waals surface area contributed by atoms with Crippen molar-refractivity contribution in [1.29, 1.82) is 0 Å². The van der Waals surface area contributed by atoms with Gasteiger partial charge in [0.15, 0.2) is 5.43 Å². The molecule has 0 fully saturated rings. The molecule has 2 rings (SSSR count). The molecule has 0 aliphatic heterocycles. The van der Waals surface area contributed by atoms with Crippen LogP contribution in [0.5, 0.6) is 0 Å². The van der Waals surface area contributed by atoms with Crippen molar-refractivity contribution in [2.24, 2.45) is 0 Å². The molecule has 0 radical (unpaired) electrons. The monoisotopic (exact) mass is 243 g/mol. The Bertz CT molecular complexity index is 537. The number of pyridine rings is 1. The zero-order valence-corrected chi connectivity index (χ0v) is 10.4. The SMILES string of the molecule is CCc1ccc(C(O)Cn2ccc(=O)cc2)cc1. The van der Waals surface area contributed by atoms with Crippen LogP contribution in [0.4, 0.5) is 0 Å². The Morgan fingerprint density at radius 2 is 1.72 bits per heavy atom. The third kappa shape index (κ3) is 3.08. The van der Waals surface area contributed by atoms with Gasteiger partial charge in [-0.2, -0.15) is 0 Å². The minimum absolute atomic E-state index is 0.0203. The van der Waals surface area contributed by atoms with Gasteiger partial charge in [0.1, 0.15) is 0 Å². The number of hydrogen-bond acceptors (Lipinski definition) is 2. The zero-order chi connectivity index (χ0) is 13.0. The number of aromatic nitrogens is 1. The fraction of sp³-hybridized carbons (Fsp3) is 0.267. The molecule has 0 aliphatic rings. The van der Waals surface area contributed by atoms with Gasteiger partial charge < -0.3 is 9.67 Å². The Morgan fingerprint density at radius 3 is 2.28 bits per heavy atom. The normalized spacial score (nSPS) is 12.3. The van der Waals surface area contributed by atoms with Gasteiger partial charge in [0.25, 0.3) is 0 Å². The molecular weight excluding hydrogens is 226 g/mol. The van der Waals surface area contributed by atoms with Crippen molar-refractivity contribution in [2.45, 2.75) is 26.0 Å². The van der Waals surface area contributed by atoms with E-state index in [9.17, 15) is 9.90 Å². The van der Waals surface area contributed by atoms with Crippen LogP contribution in [0.2, 0.25) is 0 Å². The van der Waals surface area contributed by atoms with E-state index in [1.54, 1.807) is 17.0 Å². The molecule has 1 N–H and O–H groups in total. The molecule has 1 unspecified atom stereocenters. The summed E-state index contributed by atoms with van der Waals surface area (Å²) in [4.78, 5) is 11.0. The fourth-order valence-corrected chi connectivity index (χ4v) is 1.85. The molecule has 0 bridgehead atoms. The average molecular weight is 243 g/mol. The van der Waals surface area contributed by atoms with Crippen LogP contribution in [0.15, 0.2) is 53.6 Å². The van der Waals surface area contributed by atoms with E-state index >= 15 is 0 Å². The van der Waals surface area contributed by atoms with Gasteiger partial charge in [-0.3, -0.25) is 4.79 Å². The first-order valence-electron chi connectivity index (χ1n) is 6.12. The molecule has 1 atom stereocenters. The van der Waals surface area contributed by atoms with Crippen molar-refractivity contribution in [3.05, 3.63) is 70.1 Å². The van der Waals surface area contributed by atoms with Crippen molar-refractivity contribution in [3.8, 4) is 0 Å². The van der Waals surface area contributed by atoms with Crippen molar-refractivity contribution >= 4 is 0 Å². The number of rotatable bonds is 4. The maximum absolute atomic E-state index is 11.0. The summed E-state index contributed by atoms with van der Waals surface area (Å²) in [5.74, 6) is 0. The van der Waals surface area contributed by atoms with Crippen LogP contribution in [0, 0.1) is 0 Å². The number of benzene rings is 1. The van der Waals surface area contributed by atoms with Gasteiger partial charge in [0, 0.05) is 24.5 Å². The highest BCUT2D eigenvalue weighted by atomic mass is 16.3. The number of aryl methyl sites for hydroxylation is 1. The lowest BCUT2D eigenvalue weighted by molar-refractivity contribution is 0.156. The largest absolute Gasteiger partial charge is 0.387 e. The van der Waals surface area contributed by atoms with E-state index < -0.39 is 6.10 Å². The summed E-state index contributed by atoms with van der Waals surface area (Å²) in [5, 5.41) is 10.1. The molecule has 2 aromatic rings. The Balaban J connectivity index is 2.08. The first-order valence-corrected chi connectivity index (χ1v) is 6.12. The topological polar surface area (TPSA) is 42.2 Å². The summed E-state index contributed by atoms with van der Waals surface area (Å²) in [6, 6.07) is 11.0. The van der Waals surface area contributed by atoms with E-state index in [0.717, 1.165) is 12.0 Å². The van der Waals surface area contributed by atoms with Gasteiger partial charge in [0.05, 0.1) is 12.6 Å². The summed E-state index contributed by atoms with van der Waals surface area (Å²) in [5.41, 5.74) is 2.13. The molecule has 0 amide bonds. The Labute approximate surface area is 106 Å². The Morgan fingerprint density at radius 1 is 1.11 bits per heavy atom. The fourth-order valence-electron chi connectivity index (χ4n) is 1.85. The quantitative estimate of drug-likeness (QED) is 0.894. The van der Waals surface area contributed by atoms with Crippen molar-refractivity contribution < 1.29 is 5.11 Å². The molecule has 94 valence electrons. The standard InChI is InChI=1S/C15H17NO2/c1-2-12-3-5-13(6-4-12)15(18)11-16-9-7-14(17)8-10-16/h3-10,15,18H,2,11H2,1H3. The first kappa shape index (κ1) is 12.6. The van der Waals surface area contributed by atoms with Gasteiger partial charge in [-0.1, -0.05) is 31.2 Å². The number of aliphatic hydroxyl groups is 1. The lowest BCUT2D eigenvalue weighted by Gasteiger charge is -2.13. The second-order valence-corrected chi connectivity index (χ2v) is 4.34. The molecule has 0 saturated heterocycles. The van der Waals surface area contributed by atoms with Crippen LogP contribution in [0.25, 0.3) is 0 Å². The molecule has 1 heterocycles. The maximum Gasteiger partial charge on any atom is 0.181 e. The molecular formula is C15H17NO2. The van der Waals surface area contributed by atoms with Crippen molar-refractivity contribution in [1.82, 2.24) is 4.57 Å². The summed E-state index contributed by atoms with van der Waals surface area (Å²) in [7, 11) is 0. The molecule has 18 heavy (non-hydrogen) atoms. The minimum atomic E-state index is -0.557. The Kier molecular flexibility index (Phi) is 3.95. The molecule has 0 aliphatic carbocycles. The van der Waals surface area contributed by atoms with E-state index in [0.29, 0.717) is 6.54 Å². The highest BCUT2D eigenvalue weighted by Crippen LogP contribution is 2.15. The summed E-state index contributed by atoms with van der Waals surface area (Å²) >= 11 is 0. The molecule has 1 aromatic carbocycles.